The second-order valence-corrected chi connectivity index (χ2v) is 8.96. The highest BCUT2D eigenvalue weighted by atomic mass is 32.2. The maximum Gasteiger partial charge on any atom is 0.416 e. The molecule has 1 aliphatic rings. The number of aliphatic hydroxyl groups excluding tert-OH is 1. The van der Waals surface area contributed by atoms with Gasteiger partial charge in [-0.25, -0.2) is 0 Å². The zero-order chi connectivity index (χ0) is 26.3. The van der Waals surface area contributed by atoms with E-state index in [0.29, 0.717) is 33.3 Å². The number of carbonyl (C=O) groups excluding carboxylic acids is 1. The molecule has 0 radical (unpaired) electrons. The molecule has 13 heteroatoms. The van der Waals surface area contributed by atoms with Crippen molar-refractivity contribution in [1.29, 1.82) is 0 Å². The number of hydrogen-bond donors (Lipinski definition) is 1. The predicted octanol–water partition coefficient (Wildman–Crippen LogP) is 5.65. The number of aliphatic hydroxyl groups is 1. The molecule has 1 aliphatic heterocycles. The fraction of sp³-hybridized carbons (Fsp3) is 0.261. The van der Waals surface area contributed by atoms with E-state index in [1.807, 2.05) is 0 Å². The molecule has 0 saturated carbocycles. The number of likely N-dealkylation sites (N-methyl/N-ethyl adjacent to an activating group) is 1. The summed E-state index contributed by atoms with van der Waals surface area (Å²) >= 11 is 0.929. The zero-order valence-electron chi connectivity index (χ0n) is 18.6. The van der Waals surface area contributed by atoms with Crippen LogP contribution in [0, 0.1) is 0 Å². The average molecular weight is 528 g/mol. The van der Waals surface area contributed by atoms with Crippen LogP contribution in [-0.2, 0) is 18.9 Å². The van der Waals surface area contributed by atoms with Crippen LogP contribution < -0.4 is 0 Å². The van der Waals surface area contributed by atoms with Crippen molar-refractivity contribution in [3.8, 4) is 0 Å². The van der Waals surface area contributed by atoms with Crippen LogP contribution in [0.25, 0.3) is 17.0 Å². The molecule has 190 valence electrons. The van der Waals surface area contributed by atoms with Gasteiger partial charge in [0.15, 0.2) is 0 Å². The molecule has 2 heterocycles. The number of amidine groups is 1. The lowest BCUT2D eigenvalue weighted by molar-refractivity contribution is -0.143. The van der Waals surface area contributed by atoms with Crippen LogP contribution in [-0.4, -0.2) is 51.1 Å². The molecular weight excluding hydrogens is 510 g/mol. The molecule has 0 saturated heterocycles. The topological polar surface area (TPSA) is 70.7 Å². The molecule has 0 atom stereocenters. The maximum atomic E-state index is 13.5. The van der Waals surface area contributed by atoms with Crippen molar-refractivity contribution in [3.05, 3.63) is 69.8 Å². The van der Waals surface area contributed by atoms with Crippen LogP contribution in [0.4, 0.5) is 31.1 Å². The minimum Gasteiger partial charge on any atom is -0.395 e. The largest absolute Gasteiger partial charge is 0.416 e. The van der Waals surface area contributed by atoms with Gasteiger partial charge in [0.25, 0.3) is 0 Å². The Labute approximate surface area is 204 Å². The van der Waals surface area contributed by atoms with Gasteiger partial charge in [0.2, 0.25) is 0 Å². The lowest BCUT2D eigenvalue weighted by atomic mass is 10.0. The molecule has 1 aromatic heterocycles. The van der Waals surface area contributed by atoms with E-state index >= 15 is 0 Å². The summed E-state index contributed by atoms with van der Waals surface area (Å²) < 4.78 is 80.5. The number of nitrogens with zero attached hydrogens (tertiary/aromatic N) is 4. The van der Waals surface area contributed by atoms with E-state index < -0.39 is 28.7 Å². The molecule has 0 aliphatic carbocycles. The van der Waals surface area contributed by atoms with Crippen molar-refractivity contribution in [3.63, 3.8) is 0 Å². The van der Waals surface area contributed by atoms with Gasteiger partial charge in [-0.3, -0.25) is 9.48 Å². The van der Waals surface area contributed by atoms with Crippen LogP contribution >= 0.6 is 11.8 Å². The van der Waals surface area contributed by atoms with Gasteiger partial charge in [0.1, 0.15) is 5.84 Å². The van der Waals surface area contributed by atoms with E-state index in [-0.39, 0.29) is 31.3 Å². The maximum absolute atomic E-state index is 13.5. The molecule has 4 rings (SSSR count). The Hall–Kier alpha value is -3.32. The number of aromatic nitrogens is 2. The lowest BCUT2D eigenvalue weighted by Crippen LogP contribution is -2.28. The van der Waals surface area contributed by atoms with E-state index in [1.54, 1.807) is 36.2 Å². The number of thioether (sulfide) groups is 1. The zero-order valence-corrected chi connectivity index (χ0v) is 19.4. The van der Waals surface area contributed by atoms with Crippen LogP contribution in [0.3, 0.4) is 0 Å². The first-order valence-corrected chi connectivity index (χ1v) is 11.3. The molecule has 3 aromatic rings. The summed E-state index contributed by atoms with van der Waals surface area (Å²) in [6, 6.07) is 6.61. The monoisotopic (exact) mass is 528 g/mol. The number of benzene rings is 2. The van der Waals surface area contributed by atoms with Gasteiger partial charge in [-0.2, -0.15) is 36.4 Å². The molecular formula is C23H18F6N4O2S. The molecule has 1 N–H and O–H groups in total. The van der Waals surface area contributed by atoms with E-state index in [4.69, 9.17) is 5.11 Å². The predicted molar refractivity (Wildman–Crippen MR) is 123 cm³/mol. The standard InChI is InChI=1S/C23H18F6N4O2S/c1-32(6-7-34)20-19(36-21(35)30-20)9-13-2-5-18-15(8-13)12-33(31-18)11-14-3-4-16(22(24,25)26)10-17(14)23(27,28)29/h2-5,8-10,12,34H,6-7,11H2,1H3/b19-9-. The van der Waals surface area contributed by atoms with Crippen molar-refractivity contribution in [1.82, 2.24) is 14.7 Å². The number of amides is 1. The van der Waals surface area contributed by atoms with Gasteiger partial charge in [-0.15, -0.1) is 0 Å². The van der Waals surface area contributed by atoms with Crippen molar-refractivity contribution < 1.29 is 36.2 Å². The Balaban J connectivity index is 1.64. The molecule has 0 bridgehead atoms. The number of alkyl halides is 6. The number of aliphatic imine (C=N–C) groups is 1. The van der Waals surface area contributed by atoms with Gasteiger partial charge >= 0.3 is 17.6 Å². The van der Waals surface area contributed by atoms with Gasteiger partial charge in [-0.05, 0) is 53.2 Å². The summed E-state index contributed by atoms with van der Waals surface area (Å²) in [5, 5.41) is 13.6. The second kappa shape index (κ2) is 9.62. The van der Waals surface area contributed by atoms with Crippen LogP contribution in [0.2, 0.25) is 0 Å². The minimum absolute atomic E-state index is 0.107. The molecule has 36 heavy (non-hydrogen) atoms. The van der Waals surface area contributed by atoms with E-state index in [9.17, 15) is 31.1 Å². The Morgan fingerprint density at radius 3 is 2.50 bits per heavy atom. The van der Waals surface area contributed by atoms with Crippen molar-refractivity contribution in [2.75, 3.05) is 20.2 Å². The first-order chi connectivity index (χ1) is 16.8. The summed E-state index contributed by atoms with van der Waals surface area (Å²) in [4.78, 5) is 18.0. The van der Waals surface area contributed by atoms with Crippen LogP contribution in [0.5, 0.6) is 0 Å². The molecule has 0 unspecified atom stereocenters. The number of hydrogen-bond acceptors (Lipinski definition) is 5. The normalized spacial score (nSPS) is 15.7. The highest BCUT2D eigenvalue weighted by molar-refractivity contribution is 8.18. The fourth-order valence-corrected chi connectivity index (χ4v) is 4.48. The van der Waals surface area contributed by atoms with Gasteiger partial charge < -0.3 is 10.0 Å². The van der Waals surface area contributed by atoms with Crippen LogP contribution in [0.1, 0.15) is 22.3 Å². The Kier molecular flexibility index (Phi) is 6.88. The van der Waals surface area contributed by atoms with E-state index in [2.05, 4.69) is 10.1 Å². The molecule has 6 nitrogen and oxygen atoms in total. The summed E-state index contributed by atoms with van der Waals surface area (Å²) in [5.41, 5.74) is -1.95. The van der Waals surface area contributed by atoms with E-state index in [0.717, 1.165) is 17.8 Å². The third-order valence-electron chi connectivity index (χ3n) is 5.36. The van der Waals surface area contributed by atoms with Gasteiger partial charge in [0, 0.05) is 25.2 Å². The first-order valence-electron chi connectivity index (χ1n) is 10.4. The van der Waals surface area contributed by atoms with Crippen molar-refractivity contribution in [2.45, 2.75) is 18.9 Å². The molecule has 2 aromatic carbocycles. The molecule has 1 amide bonds. The van der Waals surface area contributed by atoms with Gasteiger partial charge in [-0.1, -0.05) is 12.1 Å². The third kappa shape index (κ3) is 5.57. The molecule has 0 spiro atoms. The smallest absolute Gasteiger partial charge is 0.395 e. The number of halogens is 6. The van der Waals surface area contributed by atoms with Crippen molar-refractivity contribution in [2.24, 2.45) is 4.99 Å². The van der Waals surface area contributed by atoms with Gasteiger partial charge in [0.05, 0.1) is 34.7 Å². The van der Waals surface area contributed by atoms with E-state index in [1.165, 1.54) is 10.9 Å². The van der Waals surface area contributed by atoms with Crippen LogP contribution in [0.15, 0.2) is 52.5 Å². The summed E-state index contributed by atoms with van der Waals surface area (Å²) in [5.74, 6) is 0.414. The Morgan fingerprint density at radius 1 is 1.08 bits per heavy atom. The Bertz CT molecular complexity index is 1380. The summed E-state index contributed by atoms with van der Waals surface area (Å²) in [6.45, 7) is -0.229. The minimum atomic E-state index is -4.97. The van der Waals surface area contributed by atoms with Crippen molar-refractivity contribution >= 4 is 39.8 Å². The quantitative estimate of drug-likeness (QED) is 0.434. The highest BCUT2D eigenvalue weighted by Crippen LogP contribution is 2.38. The highest BCUT2D eigenvalue weighted by Gasteiger charge is 2.38. The fourth-order valence-electron chi connectivity index (χ4n) is 3.67. The number of fused-ring (bicyclic) bond motifs is 1. The number of rotatable bonds is 5. The summed E-state index contributed by atoms with van der Waals surface area (Å²) in [7, 11) is 1.69. The second-order valence-electron chi connectivity index (χ2n) is 7.97. The average Bonchev–Trinajstić information content (AvgIpc) is 3.34. The molecule has 0 fully saturated rings. The number of carbonyl (C=O) groups is 1. The third-order valence-corrected chi connectivity index (χ3v) is 6.15. The SMILES string of the molecule is CN(CCO)C1=NC(=O)S/C1=C\c1ccc2nn(Cc3ccc(C(F)(F)F)cc3C(F)(F)F)cc2c1. The first kappa shape index (κ1) is 25.8. The summed E-state index contributed by atoms with van der Waals surface area (Å²) in [6.07, 6.45) is -6.66. The Morgan fingerprint density at radius 2 is 1.83 bits per heavy atom. The lowest BCUT2D eigenvalue weighted by Gasteiger charge is -2.17.